The van der Waals surface area contributed by atoms with Crippen LogP contribution in [0.5, 0.6) is 5.75 Å². The van der Waals surface area contributed by atoms with Crippen molar-refractivity contribution in [1.29, 1.82) is 0 Å². The van der Waals surface area contributed by atoms with Gasteiger partial charge in [-0.25, -0.2) is 0 Å². The average molecular weight is 241 g/mol. The number of pyridine rings is 1. The van der Waals surface area contributed by atoms with Crippen molar-refractivity contribution in [2.45, 2.75) is 24.6 Å². The van der Waals surface area contributed by atoms with Crippen LogP contribution in [0, 0.1) is 0 Å². The molecule has 6 nitrogen and oxygen atoms in total. The van der Waals surface area contributed by atoms with E-state index in [0.717, 1.165) is 0 Å². The predicted molar refractivity (Wildman–Crippen MR) is 57.4 cm³/mol. The van der Waals surface area contributed by atoms with Crippen LogP contribution < -0.4 is 4.74 Å². The fraction of sp³-hybridized carbons (Fsp3) is 0.545. The fourth-order valence-electron chi connectivity index (χ4n) is 1.66. The van der Waals surface area contributed by atoms with Crippen molar-refractivity contribution >= 4 is 0 Å². The van der Waals surface area contributed by atoms with E-state index in [1.807, 2.05) is 0 Å². The fourth-order valence-corrected chi connectivity index (χ4v) is 1.66. The van der Waals surface area contributed by atoms with Gasteiger partial charge in [0.2, 0.25) is 6.29 Å². The van der Waals surface area contributed by atoms with E-state index in [9.17, 15) is 10.2 Å². The lowest BCUT2D eigenvalue weighted by Gasteiger charge is -2.16. The number of aliphatic hydroxyl groups is 2. The Labute approximate surface area is 98.8 Å². The molecule has 2 rings (SSSR count). The SMILES string of the molecule is COC[C@H]1O[C@@H](Oc2cccnc2)[C@H](O)[C@@H]1O. The molecule has 0 spiro atoms. The normalized spacial score (nSPS) is 32.6. The van der Waals surface area contributed by atoms with Gasteiger partial charge in [0, 0.05) is 13.3 Å². The summed E-state index contributed by atoms with van der Waals surface area (Å²) in [5.41, 5.74) is 0. The molecule has 0 saturated carbocycles. The van der Waals surface area contributed by atoms with Gasteiger partial charge in [0.15, 0.2) is 0 Å². The summed E-state index contributed by atoms with van der Waals surface area (Å²) in [6.45, 7) is 0.200. The van der Waals surface area contributed by atoms with E-state index in [0.29, 0.717) is 5.75 Å². The van der Waals surface area contributed by atoms with Gasteiger partial charge in [-0.3, -0.25) is 4.98 Å². The van der Waals surface area contributed by atoms with Crippen LogP contribution in [0.3, 0.4) is 0 Å². The molecule has 17 heavy (non-hydrogen) atoms. The Morgan fingerprint density at radius 2 is 2.24 bits per heavy atom. The van der Waals surface area contributed by atoms with Crippen molar-refractivity contribution in [3.8, 4) is 5.75 Å². The molecule has 2 heterocycles. The summed E-state index contributed by atoms with van der Waals surface area (Å²) < 4.78 is 15.6. The van der Waals surface area contributed by atoms with Crippen LogP contribution in [0.2, 0.25) is 0 Å². The second-order valence-corrected chi connectivity index (χ2v) is 3.79. The van der Waals surface area contributed by atoms with Crippen LogP contribution in [0.15, 0.2) is 24.5 Å². The lowest BCUT2D eigenvalue weighted by Crippen LogP contribution is -2.35. The van der Waals surface area contributed by atoms with E-state index in [-0.39, 0.29) is 6.61 Å². The van der Waals surface area contributed by atoms with Crippen LogP contribution in [-0.2, 0) is 9.47 Å². The smallest absolute Gasteiger partial charge is 0.229 e. The third-order valence-corrected chi connectivity index (χ3v) is 2.54. The number of hydrogen-bond donors (Lipinski definition) is 2. The number of hydrogen-bond acceptors (Lipinski definition) is 6. The summed E-state index contributed by atoms with van der Waals surface area (Å²) in [6, 6.07) is 3.40. The molecular weight excluding hydrogens is 226 g/mol. The highest BCUT2D eigenvalue weighted by Crippen LogP contribution is 2.24. The maximum absolute atomic E-state index is 9.74. The summed E-state index contributed by atoms with van der Waals surface area (Å²) in [4.78, 5) is 3.88. The molecule has 1 aliphatic rings. The molecule has 0 aliphatic carbocycles. The van der Waals surface area contributed by atoms with Crippen LogP contribution in [-0.4, -0.2) is 53.5 Å². The summed E-state index contributed by atoms with van der Waals surface area (Å²) in [7, 11) is 1.50. The van der Waals surface area contributed by atoms with Crippen molar-refractivity contribution in [2.75, 3.05) is 13.7 Å². The first-order valence-corrected chi connectivity index (χ1v) is 5.29. The molecule has 2 N–H and O–H groups in total. The molecule has 6 heteroatoms. The van der Waals surface area contributed by atoms with E-state index >= 15 is 0 Å². The Bertz CT molecular complexity index is 347. The Balaban J connectivity index is 1.98. The standard InChI is InChI=1S/C11H15NO5/c1-15-6-8-9(13)10(14)11(17-8)16-7-3-2-4-12-5-7/h2-5,8-11,13-14H,6H2,1H3/t8-,9-,10-,11-/m1/s1. The van der Waals surface area contributed by atoms with E-state index in [4.69, 9.17) is 14.2 Å². The van der Waals surface area contributed by atoms with E-state index < -0.39 is 24.6 Å². The number of ether oxygens (including phenoxy) is 3. The highest BCUT2D eigenvalue weighted by atomic mass is 16.7. The van der Waals surface area contributed by atoms with E-state index in [1.54, 1.807) is 18.3 Å². The molecule has 0 radical (unpaired) electrons. The molecule has 0 amide bonds. The van der Waals surface area contributed by atoms with Crippen molar-refractivity contribution in [3.05, 3.63) is 24.5 Å². The number of methoxy groups -OCH3 is 1. The van der Waals surface area contributed by atoms with Gasteiger partial charge in [0.25, 0.3) is 0 Å². The summed E-state index contributed by atoms with van der Waals surface area (Å²) in [6.07, 6.45) is -0.494. The molecule has 0 unspecified atom stereocenters. The molecule has 94 valence electrons. The van der Waals surface area contributed by atoms with Crippen molar-refractivity contribution in [3.63, 3.8) is 0 Å². The predicted octanol–water partition coefficient (Wildman–Crippen LogP) is -0.447. The Morgan fingerprint density at radius 3 is 2.88 bits per heavy atom. The summed E-state index contributed by atoms with van der Waals surface area (Å²) in [5, 5.41) is 19.4. The molecular formula is C11H15NO5. The molecule has 1 saturated heterocycles. The van der Waals surface area contributed by atoms with Crippen molar-refractivity contribution in [1.82, 2.24) is 4.98 Å². The lowest BCUT2D eigenvalue weighted by molar-refractivity contribution is -0.119. The van der Waals surface area contributed by atoms with Gasteiger partial charge in [0.05, 0.1) is 12.8 Å². The quantitative estimate of drug-likeness (QED) is 0.743. The topological polar surface area (TPSA) is 81.0 Å². The zero-order valence-electron chi connectivity index (χ0n) is 9.39. The second kappa shape index (κ2) is 5.42. The Morgan fingerprint density at radius 1 is 1.41 bits per heavy atom. The number of rotatable bonds is 4. The van der Waals surface area contributed by atoms with Gasteiger partial charge in [-0.05, 0) is 12.1 Å². The molecule has 1 aliphatic heterocycles. The van der Waals surface area contributed by atoms with Gasteiger partial charge in [-0.1, -0.05) is 0 Å². The van der Waals surface area contributed by atoms with Crippen LogP contribution in [0.4, 0.5) is 0 Å². The Kier molecular flexibility index (Phi) is 3.90. The number of nitrogens with zero attached hydrogens (tertiary/aromatic N) is 1. The zero-order valence-corrected chi connectivity index (χ0v) is 9.39. The minimum Gasteiger partial charge on any atom is -0.460 e. The van der Waals surface area contributed by atoms with Gasteiger partial charge in [-0.15, -0.1) is 0 Å². The van der Waals surface area contributed by atoms with Crippen LogP contribution in [0.1, 0.15) is 0 Å². The number of aromatic nitrogens is 1. The van der Waals surface area contributed by atoms with Crippen molar-refractivity contribution < 1.29 is 24.4 Å². The highest BCUT2D eigenvalue weighted by molar-refractivity contribution is 5.16. The lowest BCUT2D eigenvalue weighted by atomic mass is 10.1. The van der Waals surface area contributed by atoms with Gasteiger partial charge in [-0.2, -0.15) is 0 Å². The average Bonchev–Trinajstić information content (AvgIpc) is 2.60. The van der Waals surface area contributed by atoms with Crippen LogP contribution >= 0.6 is 0 Å². The maximum atomic E-state index is 9.74. The molecule has 4 atom stereocenters. The summed E-state index contributed by atoms with van der Waals surface area (Å²) >= 11 is 0. The third-order valence-electron chi connectivity index (χ3n) is 2.54. The van der Waals surface area contributed by atoms with Crippen molar-refractivity contribution in [2.24, 2.45) is 0 Å². The van der Waals surface area contributed by atoms with Gasteiger partial charge < -0.3 is 24.4 Å². The molecule has 0 aromatic carbocycles. The van der Waals surface area contributed by atoms with E-state index in [1.165, 1.54) is 13.3 Å². The van der Waals surface area contributed by atoms with Gasteiger partial charge in [0.1, 0.15) is 24.1 Å². The monoisotopic (exact) mass is 241 g/mol. The first-order chi connectivity index (χ1) is 8.22. The first-order valence-electron chi connectivity index (χ1n) is 5.29. The zero-order chi connectivity index (χ0) is 12.3. The molecule has 0 bridgehead atoms. The molecule has 1 aromatic rings. The molecule has 1 aromatic heterocycles. The van der Waals surface area contributed by atoms with E-state index in [2.05, 4.69) is 4.98 Å². The van der Waals surface area contributed by atoms with Gasteiger partial charge >= 0.3 is 0 Å². The minimum absolute atomic E-state index is 0.200. The number of aliphatic hydroxyl groups excluding tert-OH is 2. The second-order valence-electron chi connectivity index (χ2n) is 3.79. The van der Waals surface area contributed by atoms with Crippen LogP contribution in [0.25, 0.3) is 0 Å². The minimum atomic E-state index is -1.10. The summed E-state index contributed by atoms with van der Waals surface area (Å²) in [5.74, 6) is 0.474. The maximum Gasteiger partial charge on any atom is 0.229 e. The molecule has 1 fully saturated rings. The largest absolute Gasteiger partial charge is 0.460 e. The Hall–Kier alpha value is -1.21. The highest BCUT2D eigenvalue weighted by Gasteiger charge is 2.44. The third kappa shape index (κ3) is 2.73. The first kappa shape index (κ1) is 12.3.